The number of nitrogens with one attached hydrogen (secondary N) is 1. The molecule has 2 heterocycles. The molecule has 0 amide bonds. The highest BCUT2D eigenvalue weighted by atomic mass is 16.3. The molecule has 0 aliphatic carbocycles. The molecule has 1 saturated heterocycles. The van der Waals surface area contributed by atoms with Crippen LogP contribution in [0.3, 0.4) is 0 Å². The fraction of sp³-hybridized carbons (Fsp3) is 0.412. The Morgan fingerprint density at radius 2 is 1.95 bits per heavy atom. The molecule has 22 heavy (non-hydrogen) atoms. The van der Waals surface area contributed by atoms with Crippen LogP contribution in [0, 0.1) is 6.92 Å². The van der Waals surface area contributed by atoms with E-state index in [4.69, 9.17) is 0 Å². The summed E-state index contributed by atoms with van der Waals surface area (Å²) < 4.78 is 1.40. The molecule has 5 heteroatoms. The molecule has 1 aromatic carbocycles. The number of aliphatic hydroxyl groups is 1. The van der Waals surface area contributed by atoms with Crippen molar-refractivity contribution in [3.63, 3.8) is 0 Å². The fourth-order valence-corrected chi connectivity index (χ4v) is 2.90. The molecule has 1 fully saturated rings. The number of hydrogen-bond acceptors (Lipinski definition) is 4. The first-order chi connectivity index (χ1) is 10.6. The van der Waals surface area contributed by atoms with E-state index in [1.54, 1.807) is 6.07 Å². The lowest BCUT2D eigenvalue weighted by atomic mass is 9.92. The molecule has 1 aliphatic rings. The number of aromatic nitrogens is 2. The first-order valence-corrected chi connectivity index (χ1v) is 7.65. The van der Waals surface area contributed by atoms with E-state index in [1.165, 1.54) is 4.68 Å². The second-order valence-electron chi connectivity index (χ2n) is 6.01. The first kappa shape index (κ1) is 14.9. The summed E-state index contributed by atoms with van der Waals surface area (Å²) in [7, 11) is 0. The van der Waals surface area contributed by atoms with Gasteiger partial charge >= 0.3 is 0 Å². The van der Waals surface area contributed by atoms with Crippen molar-refractivity contribution >= 4 is 0 Å². The van der Waals surface area contributed by atoms with Crippen molar-refractivity contribution in [3.05, 3.63) is 52.3 Å². The lowest BCUT2D eigenvalue weighted by Gasteiger charge is -2.32. The van der Waals surface area contributed by atoms with E-state index in [1.807, 2.05) is 37.3 Å². The van der Waals surface area contributed by atoms with Crippen LogP contribution in [-0.2, 0) is 6.54 Å². The predicted molar refractivity (Wildman–Crippen MR) is 85.7 cm³/mol. The highest BCUT2D eigenvalue weighted by Crippen LogP contribution is 2.22. The number of piperidine rings is 1. The topological polar surface area (TPSA) is 67.2 Å². The van der Waals surface area contributed by atoms with Crippen LogP contribution in [0.5, 0.6) is 0 Å². The molecule has 5 nitrogen and oxygen atoms in total. The van der Waals surface area contributed by atoms with Crippen molar-refractivity contribution in [1.82, 2.24) is 15.1 Å². The molecule has 3 rings (SSSR count). The standard InChI is InChI=1S/C17H21N3O2/c1-13-11-15(21)20(12-17(22)7-9-18-10-8-17)19-16(13)14-5-3-2-4-6-14/h2-6,11,18,22H,7-10,12H2,1H3. The molecule has 1 aliphatic heterocycles. The second kappa shape index (κ2) is 6.02. The zero-order valence-corrected chi connectivity index (χ0v) is 12.7. The maximum atomic E-state index is 12.2. The van der Waals surface area contributed by atoms with Gasteiger partial charge in [0.05, 0.1) is 17.8 Å². The second-order valence-corrected chi connectivity index (χ2v) is 6.01. The van der Waals surface area contributed by atoms with Crippen molar-refractivity contribution in [2.75, 3.05) is 13.1 Å². The Kier molecular flexibility index (Phi) is 4.09. The molecule has 2 aromatic rings. The summed E-state index contributed by atoms with van der Waals surface area (Å²) in [5.74, 6) is 0. The third kappa shape index (κ3) is 3.10. The van der Waals surface area contributed by atoms with Crippen LogP contribution in [-0.4, -0.2) is 33.6 Å². The number of hydrogen-bond donors (Lipinski definition) is 2. The van der Waals surface area contributed by atoms with Crippen LogP contribution in [0.2, 0.25) is 0 Å². The summed E-state index contributed by atoms with van der Waals surface area (Å²) in [6, 6.07) is 11.4. The normalized spacial score (nSPS) is 17.4. The maximum Gasteiger partial charge on any atom is 0.267 e. The van der Waals surface area contributed by atoms with E-state index in [0.717, 1.165) is 29.9 Å². The van der Waals surface area contributed by atoms with Crippen LogP contribution < -0.4 is 10.9 Å². The van der Waals surface area contributed by atoms with Gasteiger partial charge < -0.3 is 10.4 Å². The van der Waals surface area contributed by atoms with E-state index in [0.29, 0.717) is 12.8 Å². The van der Waals surface area contributed by atoms with Gasteiger partial charge in [0.15, 0.2) is 0 Å². The molecule has 0 atom stereocenters. The minimum absolute atomic E-state index is 0.163. The van der Waals surface area contributed by atoms with Crippen LogP contribution in [0.25, 0.3) is 11.3 Å². The van der Waals surface area contributed by atoms with Crippen molar-refractivity contribution in [2.45, 2.75) is 31.9 Å². The Bertz CT molecular complexity index is 704. The van der Waals surface area contributed by atoms with Crippen molar-refractivity contribution in [1.29, 1.82) is 0 Å². The number of rotatable bonds is 3. The third-order valence-electron chi connectivity index (χ3n) is 4.21. The molecule has 1 aromatic heterocycles. The summed E-state index contributed by atoms with van der Waals surface area (Å²) in [5, 5.41) is 18.4. The van der Waals surface area contributed by atoms with Gasteiger partial charge in [0, 0.05) is 11.6 Å². The molecule has 0 unspecified atom stereocenters. The van der Waals surface area contributed by atoms with Gasteiger partial charge in [-0.2, -0.15) is 5.10 Å². The Hall–Kier alpha value is -1.98. The molecule has 116 valence electrons. The van der Waals surface area contributed by atoms with Crippen molar-refractivity contribution in [3.8, 4) is 11.3 Å². The number of aryl methyl sites for hydroxylation is 1. The van der Waals surface area contributed by atoms with E-state index in [-0.39, 0.29) is 12.1 Å². The average Bonchev–Trinajstić information content (AvgIpc) is 2.51. The molecule has 0 bridgehead atoms. The quantitative estimate of drug-likeness (QED) is 0.897. The molecule has 0 spiro atoms. The zero-order chi connectivity index (χ0) is 15.6. The third-order valence-corrected chi connectivity index (χ3v) is 4.21. The van der Waals surface area contributed by atoms with Crippen molar-refractivity contribution < 1.29 is 5.11 Å². The Balaban J connectivity index is 1.96. The zero-order valence-electron chi connectivity index (χ0n) is 12.7. The average molecular weight is 299 g/mol. The monoisotopic (exact) mass is 299 g/mol. The van der Waals surface area contributed by atoms with E-state index in [2.05, 4.69) is 10.4 Å². The van der Waals surface area contributed by atoms with Gasteiger partial charge in [-0.25, -0.2) is 4.68 Å². The van der Waals surface area contributed by atoms with Gasteiger partial charge in [-0.15, -0.1) is 0 Å². The van der Waals surface area contributed by atoms with E-state index in [9.17, 15) is 9.90 Å². The lowest BCUT2D eigenvalue weighted by Crippen LogP contribution is -2.47. The molecule has 0 saturated carbocycles. The summed E-state index contributed by atoms with van der Waals surface area (Å²) in [5.41, 5.74) is 1.60. The summed E-state index contributed by atoms with van der Waals surface area (Å²) in [4.78, 5) is 12.2. The van der Waals surface area contributed by atoms with Crippen LogP contribution >= 0.6 is 0 Å². The minimum Gasteiger partial charge on any atom is -0.388 e. The molecular formula is C17H21N3O2. The Morgan fingerprint density at radius 1 is 1.27 bits per heavy atom. The predicted octanol–water partition coefficient (Wildman–Crippen LogP) is 1.33. The van der Waals surface area contributed by atoms with Crippen LogP contribution in [0.15, 0.2) is 41.2 Å². The largest absolute Gasteiger partial charge is 0.388 e. The molecule has 0 radical (unpaired) electrons. The van der Waals surface area contributed by atoms with Gasteiger partial charge in [-0.05, 0) is 38.4 Å². The van der Waals surface area contributed by atoms with Crippen LogP contribution in [0.4, 0.5) is 0 Å². The van der Waals surface area contributed by atoms with Crippen LogP contribution in [0.1, 0.15) is 18.4 Å². The highest BCUT2D eigenvalue weighted by Gasteiger charge is 2.30. The smallest absolute Gasteiger partial charge is 0.267 e. The van der Waals surface area contributed by atoms with Gasteiger partial charge in [-0.1, -0.05) is 30.3 Å². The van der Waals surface area contributed by atoms with E-state index < -0.39 is 5.60 Å². The lowest BCUT2D eigenvalue weighted by molar-refractivity contribution is -0.00936. The molecular weight excluding hydrogens is 278 g/mol. The summed E-state index contributed by atoms with van der Waals surface area (Å²) in [6.45, 7) is 3.67. The maximum absolute atomic E-state index is 12.2. The number of benzene rings is 1. The summed E-state index contributed by atoms with van der Waals surface area (Å²) in [6.07, 6.45) is 1.27. The van der Waals surface area contributed by atoms with Gasteiger partial charge in [-0.3, -0.25) is 4.79 Å². The van der Waals surface area contributed by atoms with Crippen molar-refractivity contribution in [2.24, 2.45) is 0 Å². The first-order valence-electron chi connectivity index (χ1n) is 7.65. The van der Waals surface area contributed by atoms with Gasteiger partial charge in [0.1, 0.15) is 0 Å². The molecule has 2 N–H and O–H groups in total. The Morgan fingerprint density at radius 3 is 2.64 bits per heavy atom. The van der Waals surface area contributed by atoms with E-state index >= 15 is 0 Å². The minimum atomic E-state index is -0.856. The summed E-state index contributed by atoms with van der Waals surface area (Å²) >= 11 is 0. The van der Waals surface area contributed by atoms with Gasteiger partial charge in [0.2, 0.25) is 0 Å². The highest BCUT2D eigenvalue weighted by molar-refractivity contribution is 5.61. The van der Waals surface area contributed by atoms with Gasteiger partial charge in [0.25, 0.3) is 5.56 Å². The fourth-order valence-electron chi connectivity index (χ4n) is 2.90. The Labute approximate surface area is 129 Å². The SMILES string of the molecule is Cc1cc(=O)n(CC2(O)CCNCC2)nc1-c1ccccc1. The number of nitrogens with zero attached hydrogens (tertiary/aromatic N) is 2.